The Hall–Kier alpha value is 0.270. The molecule has 0 bridgehead atoms. The zero-order valence-electron chi connectivity index (χ0n) is 9.41. The first-order chi connectivity index (χ1) is 6.77. The molecular formula is C11H23NOS. The zero-order valence-corrected chi connectivity index (χ0v) is 10.3. The van der Waals surface area contributed by atoms with E-state index in [1.165, 1.54) is 32.4 Å². The molecule has 2 unspecified atom stereocenters. The summed E-state index contributed by atoms with van der Waals surface area (Å²) in [5, 5.41) is 0. The summed E-state index contributed by atoms with van der Waals surface area (Å²) in [6, 6.07) is 0. The largest absolute Gasteiger partial charge is 0.380 e. The number of ether oxygens (including phenoxy) is 1. The van der Waals surface area contributed by atoms with Crippen molar-refractivity contribution in [2.24, 2.45) is 5.92 Å². The minimum absolute atomic E-state index is 0.444. The van der Waals surface area contributed by atoms with Crippen LogP contribution >= 0.6 is 12.6 Å². The van der Waals surface area contributed by atoms with Crippen molar-refractivity contribution in [3.63, 3.8) is 0 Å². The maximum absolute atomic E-state index is 5.48. The Kier molecular flexibility index (Phi) is 5.90. The van der Waals surface area contributed by atoms with Gasteiger partial charge in [-0.15, -0.1) is 0 Å². The van der Waals surface area contributed by atoms with Crippen LogP contribution in [0.5, 0.6) is 0 Å². The minimum Gasteiger partial charge on any atom is -0.380 e. The van der Waals surface area contributed by atoms with Crippen molar-refractivity contribution >= 4 is 12.6 Å². The van der Waals surface area contributed by atoms with Crippen LogP contribution in [0.3, 0.4) is 0 Å². The van der Waals surface area contributed by atoms with E-state index in [0.717, 1.165) is 18.2 Å². The molecule has 2 atom stereocenters. The fourth-order valence-electron chi connectivity index (χ4n) is 2.05. The molecule has 1 rings (SSSR count). The summed E-state index contributed by atoms with van der Waals surface area (Å²) < 4.78 is 5.48. The number of piperidine rings is 1. The van der Waals surface area contributed by atoms with E-state index in [9.17, 15) is 0 Å². The van der Waals surface area contributed by atoms with Crippen LogP contribution in [0.15, 0.2) is 0 Å². The third-order valence-electron chi connectivity index (χ3n) is 3.16. The molecule has 0 spiro atoms. The molecule has 2 nitrogen and oxygen atoms in total. The number of likely N-dealkylation sites (tertiary alicyclic amines) is 1. The third kappa shape index (κ3) is 3.79. The fraction of sp³-hybridized carbons (Fsp3) is 1.00. The van der Waals surface area contributed by atoms with Crippen LogP contribution in [0.1, 0.15) is 26.2 Å². The maximum atomic E-state index is 5.48. The molecule has 1 fully saturated rings. The Balaban J connectivity index is 2.21. The lowest BCUT2D eigenvalue weighted by Crippen LogP contribution is -2.44. The molecule has 0 N–H and O–H groups in total. The second kappa shape index (κ2) is 6.70. The second-order valence-electron chi connectivity index (χ2n) is 4.27. The van der Waals surface area contributed by atoms with Crippen molar-refractivity contribution in [2.75, 3.05) is 32.5 Å². The van der Waals surface area contributed by atoms with Gasteiger partial charge in [-0.3, -0.25) is 0 Å². The van der Waals surface area contributed by atoms with Crippen LogP contribution in [-0.4, -0.2) is 43.5 Å². The van der Waals surface area contributed by atoms with Gasteiger partial charge < -0.3 is 9.64 Å². The smallest absolute Gasteiger partial charge is 0.0724 e. The molecule has 0 radical (unpaired) electrons. The first-order valence-corrected chi connectivity index (χ1v) is 6.27. The van der Waals surface area contributed by atoms with Gasteiger partial charge >= 0.3 is 0 Å². The van der Waals surface area contributed by atoms with Crippen LogP contribution in [-0.2, 0) is 4.74 Å². The lowest BCUT2D eigenvalue weighted by Gasteiger charge is -2.36. The highest BCUT2D eigenvalue weighted by molar-refractivity contribution is 7.80. The lowest BCUT2D eigenvalue weighted by atomic mass is 9.96. The monoisotopic (exact) mass is 217 g/mol. The Morgan fingerprint density at radius 2 is 2.21 bits per heavy atom. The van der Waals surface area contributed by atoms with Crippen molar-refractivity contribution in [3.05, 3.63) is 0 Å². The Bertz CT molecular complexity index is 154. The molecule has 1 aliphatic heterocycles. The predicted molar refractivity (Wildman–Crippen MR) is 64.1 cm³/mol. The fourth-order valence-corrected chi connectivity index (χ4v) is 2.28. The number of thiol groups is 1. The highest BCUT2D eigenvalue weighted by Gasteiger charge is 2.25. The van der Waals surface area contributed by atoms with E-state index in [4.69, 9.17) is 4.74 Å². The SMILES string of the molecule is COC1CN(CCCCS)CCC1C. The summed E-state index contributed by atoms with van der Waals surface area (Å²) in [5.41, 5.74) is 0. The van der Waals surface area contributed by atoms with Crippen molar-refractivity contribution in [1.82, 2.24) is 4.90 Å². The molecule has 0 aliphatic carbocycles. The summed E-state index contributed by atoms with van der Waals surface area (Å²) in [6.07, 6.45) is 4.22. The van der Waals surface area contributed by atoms with Gasteiger partial charge in [0.1, 0.15) is 0 Å². The third-order valence-corrected chi connectivity index (χ3v) is 3.47. The summed E-state index contributed by atoms with van der Waals surface area (Å²) in [7, 11) is 1.83. The summed E-state index contributed by atoms with van der Waals surface area (Å²) in [6.45, 7) is 5.87. The molecule has 0 aromatic heterocycles. The van der Waals surface area contributed by atoms with Gasteiger partial charge in [0.05, 0.1) is 6.10 Å². The van der Waals surface area contributed by atoms with Crippen LogP contribution in [0.25, 0.3) is 0 Å². The summed E-state index contributed by atoms with van der Waals surface area (Å²) >= 11 is 4.23. The van der Waals surface area contributed by atoms with Gasteiger partial charge in [-0.25, -0.2) is 0 Å². The molecule has 0 amide bonds. The zero-order chi connectivity index (χ0) is 10.4. The van der Waals surface area contributed by atoms with Gasteiger partial charge in [0.2, 0.25) is 0 Å². The first kappa shape index (κ1) is 12.3. The highest BCUT2D eigenvalue weighted by atomic mass is 32.1. The number of unbranched alkanes of at least 4 members (excludes halogenated alkanes) is 1. The van der Waals surface area contributed by atoms with E-state index in [1.807, 2.05) is 7.11 Å². The second-order valence-corrected chi connectivity index (χ2v) is 4.72. The first-order valence-electron chi connectivity index (χ1n) is 5.64. The molecule has 0 aromatic rings. The van der Waals surface area contributed by atoms with Gasteiger partial charge in [0.15, 0.2) is 0 Å². The van der Waals surface area contributed by atoms with Crippen LogP contribution in [0, 0.1) is 5.92 Å². The van der Waals surface area contributed by atoms with Crippen LogP contribution in [0.2, 0.25) is 0 Å². The lowest BCUT2D eigenvalue weighted by molar-refractivity contribution is -0.00511. The van der Waals surface area contributed by atoms with Gasteiger partial charge in [0.25, 0.3) is 0 Å². The van der Waals surface area contributed by atoms with Gasteiger partial charge in [0, 0.05) is 13.7 Å². The number of hydrogen-bond acceptors (Lipinski definition) is 3. The maximum Gasteiger partial charge on any atom is 0.0724 e. The Labute approximate surface area is 93.4 Å². The number of methoxy groups -OCH3 is 1. The molecule has 84 valence electrons. The summed E-state index contributed by atoms with van der Waals surface area (Å²) in [4.78, 5) is 2.53. The standard InChI is InChI=1S/C11H23NOS/c1-10-5-7-12(6-3-4-8-14)9-11(10)13-2/h10-11,14H,3-9H2,1-2H3. The van der Waals surface area contributed by atoms with Crippen molar-refractivity contribution in [2.45, 2.75) is 32.3 Å². The molecular weight excluding hydrogens is 194 g/mol. The highest BCUT2D eigenvalue weighted by Crippen LogP contribution is 2.19. The van der Waals surface area contributed by atoms with E-state index in [-0.39, 0.29) is 0 Å². The molecule has 0 saturated carbocycles. The van der Waals surface area contributed by atoms with Gasteiger partial charge in [-0.05, 0) is 44.0 Å². The van der Waals surface area contributed by atoms with Gasteiger partial charge in [-0.2, -0.15) is 12.6 Å². The van der Waals surface area contributed by atoms with E-state index in [0.29, 0.717) is 6.10 Å². The van der Waals surface area contributed by atoms with Crippen molar-refractivity contribution < 1.29 is 4.74 Å². The molecule has 1 aliphatic rings. The topological polar surface area (TPSA) is 12.5 Å². The molecule has 1 heterocycles. The molecule has 14 heavy (non-hydrogen) atoms. The average Bonchev–Trinajstić information content (AvgIpc) is 2.21. The van der Waals surface area contributed by atoms with E-state index in [2.05, 4.69) is 24.5 Å². The van der Waals surface area contributed by atoms with Crippen molar-refractivity contribution in [3.8, 4) is 0 Å². The van der Waals surface area contributed by atoms with Crippen LogP contribution in [0.4, 0.5) is 0 Å². The molecule has 3 heteroatoms. The Morgan fingerprint density at radius 1 is 1.43 bits per heavy atom. The molecule has 1 saturated heterocycles. The predicted octanol–water partition coefficient (Wildman–Crippen LogP) is 2.05. The van der Waals surface area contributed by atoms with E-state index >= 15 is 0 Å². The molecule has 0 aromatic carbocycles. The average molecular weight is 217 g/mol. The van der Waals surface area contributed by atoms with E-state index < -0.39 is 0 Å². The number of rotatable bonds is 5. The van der Waals surface area contributed by atoms with Gasteiger partial charge in [-0.1, -0.05) is 6.92 Å². The summed E-state index contributed by atoms with van der Waals surface area (Å²) in [5.74, 6) is 1.74. The normalized spacial score (nSPS) is 29.4. The minimum atomic E-state index is 0.444. The quantitative estimate of drug-likeness (QED) is 0.559. The number of hydrogen-bond donors (Lipinski definition) is 1. The Morgan fingerprint density at radius 3 is 2.86 bits per heavy atom. The van der Waals surface area contributed by atoms with Crippen molar-refractivity contribution in [1.29, 1.82) is 0 Å². The van der Waals surface area contributed by atoms with E-state index in [1.54, 1.807) is 0 Å². The number of nitrogens with zero attached hydrogens (tertiary/aromatic N) is 1. The van der Waals surface area contributed by atoms with Crippen LogP contribution < -0.4 is 0 Å².